The van der Waals surface area contributed by atoms with E-state index in [0.29, 0.717) is 24.7 Å². The summed E-state index contributed by atoms with van der Waals surface area (Å²) in [6.07, 6.45) is 4.07. The number of hydrogen-bond donors (Lipinski definition) is 0. The van der Waals surface area contributed by atoms with E-state index in [-0.39, 0.29) is 5.91 Å². The average molecular weight is 326 g/mol. The van der Waals surface area contributed by atoms with Crippen LogP contribution in [-0.4, -0.2) is 56.7 Å². The standard InChI is InChI=1S/C17H22N6O/c1-12-11-15(20-16(19-12)13-3-4-13)22-7-9-23(10-8-22)17(24)14-5-6-18-21(14)2/h5-6,11,13H,3-4,7-10H2,1-2H3. The summed E-state index contributed by atoms with van der Waals surface area (Å²) in [6, 6.07) is 3.81. The summed E-state index contributed by atoms with van der Waals surface area (Å²) < 4.78 is 1.63. The van der Waals surface area contributed by atoms with E-state index in [1.54, 1.807) is 24.0 Å². The summed E-state index contributed by atoms with van der Waals surface area (Å²) in [5, 5.41) is 4.08. The van der Waals surface area contributed by atoms with Crippen LogP contribution in [0, 0.1) is 6.92 Å². The number of carbonyl (C=O) groups is 1. The Hall–Kier alpha value is -2.44. The SMILES string of the molecule is Cc1cc(N2CCN(C(=O)c3ccnn3C)CC2)nc(C2CC2)n1. The van der Waals surface area contributed by atoms with Gasteiger partial charge >= 0.3 is 0 Å². The van der Waals surface area contributed by atoms with Crippen molar-refractivity contribution in [3.63, 3.8) is 0 Å². The van der Waals surface area contributed by atoms with Gasteiger partial charge in [-0.05, 0) is 25.8 Å². The third-order valence-corrected chi connectivity index (χ3v) is 4.73. The van der Waals surface area contributed by atoms with Gasteiger partial charge in [0.15, 0.2) is 0 Å². The highest BCUT2D eigenvalue weighted by Crippen LogP contribution is 2.38. The molecule has 126 valence electrons. The fourth-order valence-electron chi connectivity index (χ4n) is 3.14. The Morgan fingerprint density at radius 2 is 1.92 bits per heavy atom. The van der Waals surface area contributed by atoms with Crippen molar-refractivity contribution in [2.45, 2.75) is 25.7 Å². The summed E-state index contributed by atoms with van der Waals surface area (Å²) in [5.41, 5.74) is 1.66. The highest BCUT2D eigenvalue weighted by atomic mass is 16.2. The average Bonchev–Trinajstić information content (AvgIpc) is 3.35. The van der Waals surface area contributed by atoms with Gasteiger partial charge in [0.05, 0.1) is 0 Å². The van der Waals surface area contributed by atoms with Crippen LogP contribution in [0.3, 0.4) is 0 Å². The van der Waals surface area contributed by atoms with Crippen molar-refractivity contribution >= 4 is 11.7 Å². The molecule has 1 aliphatic carbocycles. The summed E-state index contributed by atoms with van der Waals surface area (Å²) in [4.78, 5) is 26.0. The van der Waals surface area contributed by atoms with Gasteiger partial charge in [0, 0.05) is 57.1 Å². The normalized spacial score (nSPS) is 18.1. The van der Waals surface area contributed by atoms with Gasteiger partial charge in [0.1, 0.15) is 17.3 Å². The molecule has 1 saturated heterocycles. The van der Waals surface area contributed by atoms with Crippen LogP contribution in [0.4, 0.5) is 5.82 Å². The number of amides is 1. The molecule has 24 heavy (non-hydrogen) atoms. The quantitative estimate of drug-likeness (QED) is 0.852. The minimum atomic E-state index is 0.0483. The summed E-state index contributed by atoms with van der Waals surface area (Å²) >= 11 is 0. The molecule has 3 heterocycles. The molecule has 0 bridgehead atoms. The topological polar surface area (TPSA) is 67.2 Å². The molecule has 2 aromatic heterocycles. The second-order valence-electron chi connectivity index (χ2n) is 6.62. The lowest BCUT2D eigenvalue weighted by Crippen LogP contribution is -2.49. The Morgan fingerprint density at radius 3 is 2.54 bits per heavy atom. The lowest BCUT2D eigenvalue weighted by atomic mass is 10.2. The predicted octanol–water partition coefficient (Wildman–Crippen LogP) is 1.36. The highest BCUT2D eigenvalue weighted by molar-refractivity contribution is 5.92. The van der Waals surface area contributed by atoms with E-state index in [4.69, 9.17) is 4.98 Å². The molecule has 0 atom stereocenters. The molecule has 0 N–H and O–H groups in total. The van der Waals surface area contributed by atoms with Crippen LogP contribution in [0.15, 0.2) is 18.3 Å². The van der Waals surface area contributed by atoms with Gasteiger partial charge in [-0.2, -0.15) is 5.10 Å². The monoisotopic (exact) mass is 326 g/mol. The molecule has 2 aromatic rings. The molecular weight excluding hydrogens is 304 g/mol. The van der Waals surface area contributed by atoms with Gasteiger partial charge in [0.2, 0.25) is 0 Å². The summed E-state index contributed by atoms with van der Waals surface area (Å²) in [7, 11) is 1.80. The number of anilines is 1. The van der Waals surface area contributed by atoms with Gasteiger partial charge in [0.25, 0.3) is 5.91 Å². The maximum Gasteiger partial charge on any atom is 0.272 e. The summed E-state index contributed by atoms with van der Waals surface area (Å²) in [5.74, 6) is 2.58. The first-order chi connectivity index (χ1) is 11.6. The second kappa shape index (κ2) is 5.89. The molecule has 1 amide bonds. The molecule has 7 heteroatoms. The van der Waals surface area contributed by atoms with Crippen LogP contribution in [0.1, 0.15) is 40.8 Å². The number of rotatable bonds is 3. The maximum atomic E-state index is 12.6. The number of carbonyl (C=O) groups excluding carboxylic acids is 1. The zero-order valence-electron chi connectivity index (χ0n) is 14.1. The Labute approximate surface area is 141 Å². The van der Waals surface area contributed by atoms with E-state index in [2.05, 4.69) is 15.0 Å². The minimum absolute atomic E-state index is 0.0483. The first-order valence-corrected chi connectivity index (χ1v) is 8.49. The van der Waals surface area contributed by atoms with Crippen LogP contribution >= 0.6 is 0 Å². The molecule has 1 saturated carbocycles. The van der Waals surface area contributed by atoms with E-state index in [0.717, 1.165) is 30.4 Å². The van der Waals surface area contributed by atoms with Crippen LogP contribution in [-0.2, 0) is 7.05 Å². The van der Waals surface area contributed by atoms with Crippen molar-refractivity contribution in [1.82, 2.24) is 24.6 Å². The Morgan fingerprint density at radius 1 is 1.17 bits per heavy atom. The maximum absolute atomic E-state index is 12.6. The lowest BCUT2D eigenvalue weighted by molar-refractivity contribution is 0.0735. The van der Waals surface area contributed by atoms with Crippen molar-refractivity contribution in [1.29, 1.82) is 0 Å². The molecular formula is C17H22N6O. The predicted molar refractivity (Wildman–Crippen MR) is 90.1 cm³/mol. The van der Waals surface area contributed by atoms with Gasteiger partial charge < -0.3 is 9.80 Å². The van der Waals surface area contributed by atoms with Crippen molar-refractivity contribution < 1.29 is 4.79 Å². The van der Waals surface area contributed by atoms with Gasteiger partial charge in [-0.25, -0.2) is 9.97 Å². The van der Waals surface area contributed by atoms with Gasteiger partial charge in [-0.15, -0.1) is 0 Å². The first-order valence-electron chi connectivity index (χ1n) is 8.49. The molecule has 7 nitrogen and oxygen atoms in total. The first kappa shape index (κ1) is 15.1. The van der Waals surface area contributed by atoms with Crippen LogP contribution in [0.5, 0.6) is 0 Å². The van der Waals surface area contributed by atoms with Crippen LogP contribution in [0.25, 0.3) is 0 Å². The van der Waals surface area contributed by atoms with Crippen molar-refractivity contribution in [3.05, 3.63) is 35.5 Å². The second-order valence-corrected chi connectivity index (χ2v) is 6.62. The number of aryl methyl sites for hydroxylation is 2. The van der Waals surface area contributed by atoms with E-state index in [1.165, 1.54) is 12.8 Å². The zero-order valence-corrected chi connectivity index (χ0v) is 14.1. The molecule has 0 unspecified atom stereocenters. The van der Waals surface area contributed by atoms with Crippen LogP contribution in [0.2, 0.25) is 0 Å². The Balaban J connectivity index is 1.45. The van der Waals surface area contributed by atoms with Gasteiger partial charge in [-0.1, -0.05) is 0 Å². The van der Waals surface area contributed by atoms with Crippen molar-refractivity contribution in [2.24, 2.45) is 7.05 Å². The van der Waals surface area contributed by atoms with E-state index in [1.807, 2.05) is 17.9 Å². The van der Waals surface area contributed by atoms with Crippen LogP contribution < -0.4 is 4.90 Å². The molecule has 0 aromatic carbocycles. The zero-order chi connectivity index (χ0) is 16.7. The van der Waals surface area contributed by atoms with E-state index < -0.39 is 0 Å². The van der Waals surface area contributed by atoms with E-state index in [9.17, 15) is 4.79 Å². The number of nitrogens with zero attached hydrogens (tertiary/aromatic N) is 6. The largest absolute Gasteiger partial charge is 0.353 e. The third-order valence-electron chi connectivity index (χ3n) is 4.73. The number of hydrogen-bond acceptors (Lipinski definition) is 5. The Kier molecular flexibility index (Phi) is 3.70. The fourth-order valence-corrected chi connectivity index (χ4v) is 3.14. The smallest absolute Gasteiger partial charge is 0.272 e. The molecule has 4 rings (SSSR count). The highest BCUT2D eigenvalue weighted by Gasteiger charge is 2.29. The number of aromatic nitrogens is 4. The van der Waals surface area contributed by atoms with Gasteiger partial charge in [-0.3, -0.25) is 9.48 Å². The minimum Gasteiger partial charge on any atom is -0.353 e. The van der Waals surface area contributed by atoms with Crippen molar-refractivity contribution in [3.8, 4) is 0 Å². The molecule has 2 aliphatic rings. The van der Waals surface area contributed by atoms with E-state index >= 15 is 0 Å². The summed E-state index contributed by atoms with van der Waals surface area (Å²) in [6.45, 7) is 5.02. The Bertz CT molecular complexity index is 758. The fraction of sp³-hybridized carbons (Fsp3) is 0.529. The molecule has 2 fully saturated rings. The molecule has 0 radical (unpaired) electrons. The molecule has 0 spiro atoms. The van der Waals surface area contributed by atoms with Crippen molar-refractivity contribution in [2.75, 3.05) is 31.1 Å². The lowest BCUT2D eigenvalue weighted by Gasteiger charge is -2.35. The third kappa shape index (κ3) is 2.86. The molecule has 1 aliphatic heterocycles. The number of piperazine rings is 1.